The molecule has 1 aliphatic heterocycles. The largest absolute Gasteiger partial charge is 0.465 e. The molecule has 31 heavy (non-hydrogen) atoms. The van der Waals surface area contributed by atoms with E-state index in [4.69, 9.17) is 9.15 Å². The SMILES string of the molecule is COC(=O)c1ccc([C@@H]2c3c(oc4ccc(Br)cc4c3=O)C(=O)N2c2nccs2)cc1. The molecule has 0 spiro atoms. The predicted molar refractivity (Wildman–Crippen MR) is 119 cm³/mol. The highest BCUT2D eigenvalue weighted by Gasteiger charge is 2.44. The lowest BCUT2D eigenvalue weighted by Crippen LogP contribution is -2.29. The first-order valence-electron chi connectivity index (χ1n) is 9.17. The van der Waals surface area contributed by atoms with Crippen molar-refractivity contribution in [2.45, 2.75) is 6.04 Å². The van der Waals surface area contributed by atoms with Gasteiger partial charge in [-0.3, -0.25) is 14.5 Å². The molecule has 0 N–H and O–H groups in total. The van der Waals surface area contributed by atoms with Gasteiger partial charge in [0.1, 0.15) is 5.58 Å². The topological polar surface area (TPSA) is 89.7 Å². The molecule has 7 nitrogen and oxygen atoms in total. The molecule has 2 aromatic carbocycles. The van der Waals surface area contributed by atoms with Gasteiger partial charge in [0, 0.05) is 16.0 Å². The minimum Gasteiger partial charge on any atom is -0.465 e. The highest BCUT2D eigenvalue weighted by atomic mass is 79.9. The maximum absolute atomic E-state index is 13.5. The minimum atomic E-state index is -0.736. The van der Waals surface area contributed by atoms with Crippen LogP contribution >= 0.6 is 27.3 Å². The molecule has 0 saturated heterocycles. The second kappa shape index (κ2) is 7.44. The Hall–Kier alpha value is -3.30. The van der Waals surface area contributed by atoms with Crippen LogP contribution in [0.25, 0.3) is 11.0 Å². The Labute approximate surface area is 188 Å². The average Bonchev–Trinajstić information content (AvgIpc) is 3.40. The highest BCUT2D eigenvalue weighted by molar-refractivity contribution is 9.10. The molecular formula is C22H13BrN2O5S. The lowest BCUT2D eigenvalue weighted by molar-refractivity contribution is 0.0600. The van der Waals surface area contributed by atoms with Crippen LogP contribution in [-0.4, -0.2) is 24.0 Å². The van der Waals surface area contributed by atoms with Gasteiger partial charge in [-0.2, -0.15) is 0 Å². The summed E-state index contributed by atoms with van der Waals surface area (Å²) in [7, 11) is 1.31. The van der Waals surface area contributed by atoms with Gasteiger partial charge >= 0.3 is 5.97 Å². The summed E-state index contributed by atoms with van der Waals surface area (Å²) in [5.74, 6) is -0.910. The first-order valence-corrected chi connectivity index (χ1v) is 10.8. The number of hydrogen-bond acceptors (Lipinski definition) is 7. The van der Waals surface area contributed by atoms with Crippen LogP contribution in [0.1, 0.15) is 38.1 Å². The Morgan fingerprint density at radius 1 is 1.19 bits per heavy atom. The summed E-state index contributed by atoms with van der Waals surface area (Å²) in [6.07, 6.45) is 1.59. The molecule has 0 aliphatic carbocycles. The first kappa shape index (κ1) is 19.7. The van der Waals surface area contributed by atoms with E-state index in [9.17, 15) is 14.4 Å². The zero-order chi connectivity index (χ0) is 21.7. The van der Waals surface area contributed by atoms with Crippen LogP contribution in [0, 0.1) is 0 Å². The third-order valence-electron chi connectivity index (χ3n) is 5.11. The summed E-state index contributed by atoms with van der Waals surface area (Å²) < 4.78 is 11.4. The summed E-state index contributed by atoms with van der Waals surface area (Å²) in [5, 5.41) is 2.58. The van der Waals surface area contributed by atoms with Gasteiger partial charge < -0.3 is 9.15 Å². The number of anilines is 1. The van der Waals surface area contributed by atoms with E-state index in [1.165, 1.54) is 23.3 Å². The number of ether oxygens (including phenoxy) is 1. The molecule has 0 bridgehead atoms. The number of carbonyl (C=O) groups excluding carboxylic acids is 2. The van der Waals surface area contributed by atoms with Crippen molar-refractivity contribution >= 4 is 55.2 Å². The number of methoxy groups -OCH3 is 1. The minimum absolute atomic E-state index is 0.00272. The number of hydrogen-bond donors (Lipinski definition) is 0. The molecule has 0 fully saturated rings. The predicted octanol–water partition coefficient (Wildman–Crippen LogP) is 4.55. The van der Waals surface area contributed by atoms with Gasteiger partial charge in [0.25, 0.3) is 5.91 Å². The Morgan fingerprint density at radius 3 is 2.65 bits per heavy atom. The van der Waals surface area contributed by atoms with Gasteiger partial charge in [-0.25, -0.2) is 9.78 Å². The molecule has 9 heteroatoms. The van der Waals surface area contributed by atoms with Gasteiger partial charge in [-0.05, 0) is 35.9 Å². The van der Waals surface area contributed by atoms with Crippen molar-refractivity contribution in [2.24, 2.45) is 0 Å². The van der Waals surface area contributed by atoms with Crippen molar-refractivity contribution in [3.8, 4) is 0 Å². The highest BCUT2D eigenvalue weighted by Crippen LogP contribution is 2.42. The van der Waals surface area contributed by atoms with Crippen molar-refractivity contribution in [3.63, 3.8) is 0 Å². The lowest BCUT2D eigenvalue weighted by atomic mass is 9.98. The van der Waals surface area contributed by atoms with E-state index in [1.807, 2.05) is 0 Å². The lowest BCUT2D eigenvalue weighted by Gasteiger charge is -2.22. The number of carbonyl (C=O) groups is 2. The summed E-state index contributed by atoms with van der Waals surface area (Å²) >= 11 is 4.67. The summed E-state index contributed by atoms with van der Waals surface area (Å²) in [6.45, 7) is 0. The third-order valence-corrected chi connectivity index (χ3v) is 6.37. The van der Waals surface area contributed by atoms with E-state index in [1.54, 1.807) is 54.0 Å². The average molecular weight is 497 g/mol. The van der Waals surface area contributed by atoms with Crippen LogP contribution in [0.15, 0.2) is 67.7 Å². The normalized spacial score (nSPS) is 15.4. The van der Waals surface area contributed by atoms with Crippen LogP contribution in [0.2, 0.25) is 0 Å². The van der Waals surface area contributed by atoms with Crippen LogP contribution in [0.5, 0.6) is 0 Å². The summed E-state index contributed by atoms with van der Waals surface area (Å²) in [6, 6.07) is 10.9. The maximum Gasteiger partial charge on any atom is 0.337 e. The molecule has 0 radical (unpaired) electrons. The number of benzene rings is 2. The number of rotatable bonds is 3. The molecule has 2 aromatic heterocycles. The van der Waals surface area contributed by atoms with E-state index >= 15 is 0 Å². The molecule has 0 saturated carbocycles. The number of amides is 1. The Bertz CT molecular complexity index is 1400. The zero-order valence-corrected chi connectivity index (χ0v) is 18.4. The molecule has 1 amide bonds. The van der Waals surface area contributed by atoms with E-state index in [0.29, 0.717) is 27.2 Å². The smallest absolute Gasteiger partial charge is 0.337 e. The monoisotopic (exact) mass is 496 g/mol. The number of esters is 1. The number of nitrogens with zero attached hydrogens (tertiary/aromatic N) is 2. The standard InChI is InChI=1S/C22H13BrN2O5S/c1-29-21(28)12-4-2-11(3-5-12)17-16-18(26)14-10-13(23)6-7-15(14)30-19(16)20(27)25(17)22-24-8-9-31-22/h2-10,17H,1H3/t17-/m1/s1. The van der Waals surface area contributed by atoms with Crippen LogP contribution in [-0.2, 0) is 4.74 Å². The first-order chi connectivity index (χ1) is 15.0. The quantitative estimate of drug-likeness (QED) is 0.386. The van der Waals surface area contributed by atoms with Crippen molar-refractivity contribution in [1.29, 1.82) is 0 Å². The van der Waals surface area contributed by atoms with Gasteiger partial charge in [-0.15, -0.1) is 11.3 Å². The van der Waals surface area contributed by atoms with Crippen LogP contribution < -0.4 is 10.3 Å². The second-order valence-electron chi connectivity index (χ2n) is 6.82. The molecule has 5 rings (SSSR count). The van der Waals surface area contributed by atoms with Gasteiger partial charge in [0.15, 0.2) is 10.6 Å². The molecule has 1 aliphatic rings. The molecule has 4 aromatic rings. The number of aromatic nitrogens is 1. The molecule has 3 heterocycles. The second-order valence-corrected chi connectivity index (χ2v) is 8.61. The number of fused-ring (bicyclic) bond motifs is 2. The Kier molecular flexibility index (Phi) is 4.71. The van der Waals surface area contributed by atoms with E-state index in [-0.39, 0.29) is 16.8 Å². The van der Waals surface area contributed by atoms with Crippen molar-refractivity contribution in [2.75, 3.05) is 12.0 Å². The van der Waals surface area contributed by atoms with Crippen molar-refractivity contribution < 1.29 is 18.7 Å². The van der Waals surface area contributed by atoms with E-state index in [2.05, 4.69) is 20.9 Å². The fourth-order valence-electron chi connectivity index (χ4n) is 3.71. The van der Waals surface area contributed by atoms with Crippen molar-refractivity contribution in [1.82, 2.24) is 4.98 Å². The van der Waals surface area contributed by atoms with Gasteiger partial charge in [0.05, 0.1) is 29.7 Å². The fraction of sp³-hybridized carbons (Fsp3) is 0.0909. The van der Waals surface area contributed by atoms with Crippen LogP contribution in [0.3, 0.4) is 0 Å². The van der Waals surface area contributed by atoms with Crippen LogP contribution in [0.4, 0.5) is 5.13 Å². The molecule has 1 atom stereocenters. The van der Waals surface area contributed by atoms with E-state index in [0.717, 1.165) is 4.47 Å². The van der Waals surface area contributed by atoms with Gasteiger partial charge in [0.2, 0.25) is 5.76 Å². The zero-order valence-electron chi connectivity index (χ0n) is 16.0. The molecule has 0 unspecified atom stereocenters. The number of thiazole rings is 1. The summed E-state index contributed by atoms with van der Waals surface area (Å²) in [5.41, 5.74) is 1.31. The fourth-order valence-corrected chi connectivity index (χ4v) is 4.74. The summed E-state index contributed by atoms with van der Waals surface area (Å²) in [4.78, 5) is 44.4. The molecular weight excluding hydrogens is 484 g/mol. The van der Waals surface area contributed by atoms with Crippen molar-refractivity contribution in [3.05, 3.63) is 91.2 Å². The van der Waals surface area contributed by atoms with E-state index < -0.39 is 17.9 Å². The number of halogens is 1. The third kappa shape index (κ3) is 3.08. The van der Waals surface area contributed by atoms with Gasteiger partial charge in [-0.1, -0.05) is 28.1 Å². The Morgan fingerprint density at radius 2 is 1.97 bits per heavy atom. The Balaban J connectivity index is 1.76. The maximum atomic E-state index is 13.5. The molecule has 154 valence electrons.